The van der Waals surface area contributed by atoms with Crippen molar-refractivity contribution in [1.29, 1.82) is 0 Å². The van der Waals surface area contributed by atoms with Crippen LogP contribution in [0.3, 0.4) is 0 Å². The van der Waals surface area contributed by atoms with Crippen molar-refractivity contribution >= 4 is 11.8 Å². The standard InChI is InChI=1S/C12H23NS/c1-10(2)12(6-3-7-13-12)11-4-8-14-9-5-11/h10-11,13H,3-9H2,1-2H3. The highest BCUT2D eigenvalue weighted by atomic mass is 32.2. The fourth-order valence-corrected chi connectivity index (χ4v) is 4.42. The lowest BCUT2D eigenvalue weighted by molar-refractivity contribution is 0.157. The van der Waals surface area contributed by atoms with E-state index in [1.165, 1.54) is 43.7 Å². The minimum atomic E-state index is 0.501. The van der Waals surface area contributed by atoms with E-state index in [1.54, 1.807) is 0 Å². The molecule has 0 saturated carbocycles. The van der Waals surface area contributed by atoms with E-state index in [2.05, 4.69) is 30.9 Å². The molecule has 2 heterocycles. The second-order valence-electron chi connectivity index (χ2n) is 5.11. The Hall–Kier alpha value is 0.310. The second-order valence-corrected chi connectivity index (χ2v) is 6.34. The summed E-state index contributed by atoms with van der Waals surface area (Å²) < 4.78 is 0. The molecule has 2 aliphatic heterocycles. The third-order valence-electron chi connectivity index (χ3n) is 4.20. The molecule has 1 unspecified atom stereocenters. The maximum Gasteiger partial charge on any atom is 0.0233 e. The van der Waals surface area contributed by atoms with Gasteiger partial charge in [-0.05, 0) is 55.6 Å². The van der Waals surface area contributed by atoms with Crippen molar-refractivity contribution in [2.24, 2.45) is 11.8 Å². The van der Waals surface area contributed by atoms with E-state index in [0.717, 1.165) is 11.8 Å². The lowest BCUT2D eigenvalue weighted by Crippen LogP contribution is -2.52. The van der Waals surface area contributed by atoms with Crippen LogP contribution in [0.2, 0.25) is 0 Å². The Labute approximate surface area is 92.4 Å². The molecule has 2 saturated heterocycles. The summed E-state index contributed by atoms with van der Waals surface area (Å²) in [7, 11) is 0. The Morgan fingerprint density at radius 3 is 2.50 bits per heavy atom. The fraction of sp³-hybridized carbons (Fsp3) is 1.00. The molecule has 1 N–H and O–H groups in total. The van der Waals surface area contributed by atoms with E-state index < -0.39 is 0 Å². The number of hydrogen-bond donors (Lipinski definition) is 1. The lowest BCUT2D eigenvalue weighted by atomic mass is 9.72. The van der Waals surface area contributed by atoms with Crippen LogP contribution in [-0.4, -0.2) is 23.6 Å². The molecular formula is C12H23NS. The van der Waals surface area contributed by atoms with Gasteiger partial charge in [0, 0.05) is 5.54 Å². The number of hydrogen-bond acceptors (Lipinski definition) is 2. The Bertz CT molecular complexity index is 179. The predicted molar refractivity (Wildman–Crippen MR) is 64.9 cm³/mol. The molecule has 2 rings (SSSR count). The summed E-state index contributed by atoms with van der Waals surface area (Å²) in [6.45, 7) is 6.06. The quantitative estimate of drug-likeness (QED) is 0.757. The fourth-order valence-electron chi connectivity index (χ4n) is 3.32. The first kappa shape index (κ1) is 10.8. The number of nitrogens with one attached hydrogen (secondary N) is 1. The first-order valence-electron chi connectivity index (χ1n) is 6.08. The zero-order valence-corrected chi connectivity index (χ0v) is 10.3. The average molecular weight is 213 g/mol. The van der Waals surface area contributed by atoms with E-state index in [9.17, 15) is 0 Å². The normalized spacial score (nSPS) is 35.4. The molecule has 0 radical (unpaired) electrons. The van der Waals surface area contributed by atoms with Gasteiger partial charge in [0.25, 0.3) is 0 Å². The maximum atomic E-state index is 3.83. The minimum Gasteiger partial charge on any atom is -0.311 e. The highest BCUT2D eigenvalue weighted by molar-refractivity contribution is 7.99. The molecule has 0 aromatic rings. The maximum absolute atomic E-state index is 3.83. The van der Waals surface area contributed by atoms with Gasteiger partial charge >= 0.3 is 0 Å². The van der Waals surface area contributed by atoms with Gasteiger partial charge in [0.15, 0.2) is 0 Å². The molecule has 2 heteroatoms. The number of thioether (sulfide) groups is 1. The molecule has 1 nitrogen and oxygen atoms in total. The van der Waals surface area contributed by atoms with Crippen LogP contribution in [0.25, 0.3) is 0 Å². The van der Waals surface area contributed by atoms with E-state index >= 15 is 0 Å². The molecule has 2 fully saturated rings. The second kappa shape index (κ2) is 4.44. The summed E-state index contributed by atoms with van der Waals surface area (Å²) in [5.74, 6) is 4.53. The summed E-state index contributed by atoms with van der Waals surface area (Å²) >= 11 is 2.14. The smallest absolute Gasteiger partial charge is 0.0233 e. The Morgan fingerprint density at radius 2 is 2.00 bits per heavy atom. The van der Waals surface area contributed by atoms with Crippen LogP contribution in [0.4, 0.5) is 0 Å². The first-order valence-corrected chi connectivity index (χ1v) is 7.24. The minimum absolute atomic E-state index is 0.501. The summed E-state index contributed by atoms with van der Waals surface area (Å²) in [6.07, 6.45) is 5.69. The summed E-state index contributed by atoms with van der Waals surface area (Å²) in [5, 5.41) is 3.83. The largest absolute Gasteiger partial charge is 0.311 e. The van der Waals surface area contributed by atoms with Crippen LogP contribution in [0.5, 0.6) is 0 Å². The van der Waals surface area contributed by atoms with E-state index in [-0.39, 0.29) is 0 Å². The van der Waals surface area contributed by atoms with Crippen LogP contribution in [0.15, 0.2) is 0 Å². The summed E-state index contributed by atoms with van der Waals surface area (Å²) in [5.41, 5.74) is 0.501. The summed E-state index contributed by atoms with van der Waals surface area (Å²) in [4.78, 5) is 0. The highest BCUT2D eigenvalue weighted by Crippen LogP contribution is 2.41. The molecular weight excluding hydrogens is 190 g/mol. The van der Waals surface area contributed by atoms with Crippen molar-refractivity contribution in [3.63, 3.8) is 0 Å². The Morgan fingerprint density at radius 1 is 1.29 bits per heavy atom. The SMILES string of the molecule is CC(C)C1(C2CCSCC2)CCCN1. The predicted octanol–water partition coefficient (Wildman–Crippen LogP) is 2.91. The van der Waals surface area contributed by atoms with Gasteiger partial charge in [0.05, 0.1) is 0 Å². The van der Waals surface area contributed by atoms with Gasteiger partial charge in [-0.15, -0.1) is 0 Å². The molecule has 0 amide bonds. The molecule has 0 spiro atoms. The van der Waals surface area contributed by atoms with Crippen molar-refractivity contribution in [1.82, 2.24) is 5.32 Å². The molecule has 0 bridgehead atoms. The Balaban J connectivity index is 2.08. The van der Waals surface area contributed by atoms with Crippen molar-refractivity contribution in [2.45, 2.75) is 45.1 Å². The topological polar surface area (TPSA) is 12.0 Å². The van der Waals surface area contributed by atoms with Gasteiger partial charge in [0.2, 0.25) is 0 Å². The molecule has 0 aromatic carbocycles. The van der Waals surface area contributed by atoms with Gasteiger partial charge in [-0.1, -0.05) is 13.8 Å². The molecule has 14 heavy (non-hydrogen) atoms. The van der Waals surface area contributed by atoms with Gasteiger partial charge in [-0.2, -0.15) is 11.8 Å². The van der Waals surface area contributed by atoms with Crippen LogP contribution in [0.1, 0.15) is 39.5 Å². The van der Waals surface area contributed by atoms with Crippen molar-refractivity contribution in [3.05, 3.63) is 0 Å². The lowest BCUT2D eigenvalue weighted by Gasteiger charge is -2.43. The molecule has 0 aliphatic carbocycles. The zero-order chi connectivity index (χ0) is 10.0. The number of rotatable bonds is 2. The van der Waals surface area contributed by atoms with E-state index in [0.29, 0.717) is 5.54 Å². The van der Waals surface area contributed by atoms with Crippen LogP contribution < -0.4 is 5.32 Å². The summed E-state index contributed by atoms with van der Waals surface area (Å²) in [6, 6.07) is 0. The monoisotopic (exact) mass is 213 g/mol. The zero-order valence-electron chi connectivity index (χ0n) is 9.51. The van der Waals surface area contributed by atoms with Gasteiger partial charge in [0.1, 0.15) is 0 Å². The molecule has 1 atom stereocenters. The van der Waals surface area contributed by atoms with Crippen molar-refractivity contribution in [3.8, 4) is 0 Å². The highest BCUT2D eigenvalue weighted by Gasteiger charge is 2.43. The molecule has 0 aromatic heterocycles. The van der Waals surface area contributed by atoms with Gasteiger partial charge in [-0.25, -0.2) is 0 Å². The average Bonchev–Trinajstić information content (AvgIpc) is 2.69. The van der Waals surface area contributed by atoms with Crippen LogP contribution in [-0.2, 0) is 0 Å². The van der Waals surface area contributed by atoms with Crippen molar-refractivity contribution in [2.75, 3.05) is 18.1 Å². The third-order valence-corrected chi connectivity index (χ3v) is 5.25. The van der Waals surface area contributed by atoms with Gasteiger partial charge in [-0.3, -0.25) is 0 Å². The van der Waals surface area contributed by atoms with E-state index in [4.69, 9.17) is 0 Å². The van der Waals surface area contributed by atoms with E-state index in [1.807, 2.05) is 0 Å². The van der Waals surface area contributed by atoms with Crippen LogP contribution in [0, 0.1) is 11.8 Å². The molecule has 82 valence electrons. The first-order chi connectivity index (χ1) is 6.76. The molecule has 2 aliphatic rings. The van der Waals surface area contributed by atoms with Crippen molar-refractivity contribution < 1.29 is 0 Å². The van der Waals surface area contributed by atoms with Crippen LogP contribution >= 0.6 is 11.8 Å². The third kappa shape index (κ3) is 1.83. The van der Waals surface area contributed by atoms with Gasteiger partial charge < -0.3 is 5.32 Å². The Kier molecular flexibility index (Phi) is 3.43.